The van der Waals surface area contributed by atoms with Crippen LogP contribution in [0.25, 0.3) is 0 Å². The first-order valence-electron chi connectivity index (χ1n) is 14.4. The van der Waals surface area contributed by atoms with E-state index in [0.717, 1.165) is 77.0 Å². The van der Waals surface area contributed by atoms with Gasteiger partial charge in [0.15, 0.2) is 0 Å². The average Bonchev–Trinajstić information content (AvgIpc) is 2.89. The Labute approximate surface area is 220 Å². The average molecular weight is 524 g/mol. The minimum absolute atomic E-state index is 0.00468. The molecule has 2 atom stereocenters. The highest BCUT2D eigenvalue weighted by atomic mass is 16.6. The summed E-state index contributed by atoms with van der Waals surface area (Å²) in [5, 5.41) is 2.78. The molecule has 3 aliphatic rings. The molecule has 3 fully saturated rings. The summed E-state index contributed by atoms with van der Waals surface area (Å²) in [5.41, 5.74) is 0. The molecule has 0 aliphatic heterocycles. The molecular weight excluding hydrogens is 478 g/mol. The van der Waals surface area contributed by atoms with E-state index in [2.05, 4.69) is 5.32 Å². The summed E-state index contributed by atoms with van der Waals surface area (Å²) in [4.78, 5) is 48.1. The molecule has 3 aliphatic carbocycles. The van der Waals surface area contributed by atoms with Crippen molar-refractivity contribution in [2.45, 2.75) is 121 Å². The zero-order chi connectivity index (χ0) is 26.3. The van der Waals surface area contributed by atoms with Gasteiger partial charge >= 0.3 is 24.0 Å². The molecule has 0 saturated heterocycles. The first kappa shape index (κ1) is 29.2. The van der Waals surface area contributed by atoms with Gasteiger partial charge in [0, 0.05) is 13.0 Å². The Morgan fingerprint density at radius 1 is 0.595 bits per heavy atom. The number of hydrogen-bond donors (Lipinski definition) is 1. The van der Waals surface area contributed by atoms with Crippen LogP contribution in [0.2, 0.25) is 0 Å². The third-order valence-electron chi connectivity index (χ3n) is 7.69. The molecule has 0 radical (unpaired) electrons. The van der Waals surface area contributed by atoms with Crippen LogP contribution in [0.5, 0.6) is 0 Å². The Hall–Kier alpha value is -2.32. The molecular formula is C28H45NO8. The van der Waals surface area contributed by atoms with Crippen molar-refractivity contribution in [3.05, 3.63) is 0 Å². The zero-order valence-electron chi connectivity index (χ0n) is 22.2. The number of amides is 1. The van der Waals surface area contributed by atoms with Crippen molar-refractivity contribution in [1.82, 2.24) is 5.32 Å². The van der Waals surface area contributed by atoms with E-state index in [0.29, 0.717) is 13.0 Å². The number of esters is 3. The second kappa shape index (κ2) is 16.5. The van der Waals surface area contributed by atoms with Gasteiger partial charge in [-0.3, -0.25) is 14.4 Å². The first-order chi connectivity index (χ1) is 18.0. The quantitative estimate of drug-likeness (QED) is 0.281. The van der Waals surface area contributed by atoms with Crippen molar-refractivity contribution in [2.24, 2.45) is 11.8 Å². The van der Waals surface area contributed by atoms with Crippen LogP contribution in [0.15, 0.2) is 0 Å². The van der Waals surface area contributed by atoms with Crippen LogP contribution < -0.4 is 5.32 Å². The van der Waals surface area contributed by atoms with Gasteiger partial charge in [0.05, 0.1) is 12.8 Å². The molecule has 0 aromatic rings. The third-order valence-corrected chi connectivity index (χ3v) is 7.69. The third kappa shape index (κ3) is 12.2. The molecule has 3 rings (SSSR count). The Kier molecular flexibility index (Phi) is 13.0. The fourth-order valence-corrected chi connectivity index (χ4v) is 5.68. The summed E-state index contributed by atoms with van der Waals surface area (Å²) >= 11 is 0. The molecule has 9 nitrogen and oxygen atoms in total. The van der Waals surface area contributed by atoms with Gasteiger partial charge in [-0.1, -0.05) is 19.3 Å². The summed E-state index contributed by atoms with van der Waals surface area (Å²) in [6.07, 6.45) is 14.2. The highest BCUT2D eigenvalue weighted by molar-refractivity contribution is 5.72. The molecule has 1 amide bonds. The Morgan fingerprint density at radius 2 is 1.14 bits per heavy atom. The van der Waals surface area contributed by atoms with Crippen molar-refractivity contribution in [1.29, 1.82) is 0 Å². The lowest BCUT2D eigenvalue weighted by atomic mass is 9.80. The predicted octanol–water partition coefficient (Wildman–Crippen LogP) is 4.98. The van der Waals surface area contributed by atoms with Gasteiger partial charge in [0.25, 0.3) is 0 Å². The summed E-state index contributed by atoms with van der Waals surface area (Å²) in [6, 6.07) is 0. The van der Waals surface area contributed by atoms with Crippen molar-refractivity contribution in [3.8, 4) is 0 Å². The van der Waals surface area contributed by atoms with Crippen molar-refractivity contribution < 1.29 is 38.1 Å². The second-order valence-corrected chi connectivity index (χ2v) is 10.8. The van der Waals surface area contributed by atoms with Gasteiger partial charge in [0.1, 0.15) is 25.4 Å². The summed E-state index contributed by atoms with van der Waals surface area (Å²) in [5.74, 6) is -0.434. The van der Waals surface area contributed by atoms with Crippen molar-refractivity contribution in [3.63, 3.8) is 0 Å². The van der Waals surface area contributed by atoms with Gasteiger partial charge in [-0.15, -0.1) is 0 Å². The number of carbonyl (C=O) groups excluding carboxylic acids is 4. The smallest absolute Gasteiger partial charge is 0.407 e. The Balaban J connectivity index is 1.21. The standard InChI is InChI=1S/C28H45NO8/c30-25(36-23-10-3-1-4-11-23)14-16-34-27(32)19-21-8-7-9-22(18-21)20-29-28(33)35-17-15-26(31)37-24-12-5-2-6-13-24/h21-24H,1-20H2,(H,29,33). The number of rotatable bonds is 12. The SMILES string of the molecule is O=C(CC1CCCC(CNC(=O)OCCC(=O)OC2CCCCC2)C1)OCCC(=O)OC1CCCCC1. The maximum atomic E-state index is 12.3. The van der Waals surface area contributed by atoms with Crippen LogP contribution in [-0.2, 0) is 33.3 Å². The largest absolute Gasteiger partial charge is 0.465 e. The Morgan fingerprint density at radius 3 is 1.73 bits per heavy atom. The van der Waals surface area contributed by atoms with E-state index >= 15 is 0 Å². The second-order valence-electron chi connectivity index (χ2n) is 10.8. The molecule has 3 saturated carbocycles. The number of hydrogen-bond acceptors (Lipinski definition) is 8. The van der Waals surface area contributed by atoms with E-state index in [1.807, 2.05) is 0 Å². The minimum atomic E-state index is -0.535. The minimum Gasteiger partial charge on any atom is -0.465 e. The van der Waals surface area contributed by atoms with E-state index in [1.165, 1.54) is 12.8 Å². The lowest BCUT2D eigenvalue weighted by Crippen LogP contribution is -2.33. The van der Waals surface area contributed by atoms with E-state index in [4.69, 9.17) is 18.9 Å². The molecule has 1 N–H and O–H groups in total. The number of ether oxygens (including phenoxy) is 4. The van der Waals surface area contributed by atoms with E-state index in [1.54, 1.807) is 0 Å². The van der Waals surface area contributed by atoms with Gasteiger partial charge < -0.3 is 24.3 Å². The molecule has 0 bridgehead atoms. The Bertz CT molecular complexity index is 730. The highest BCUT2D eigenvalue weighted by Gasteiger charge is 2.25. The maximum Gasteiger partial charge on any atom is 0.407 e. The first-order valence-corrected chi connectivity index (χ1v) is 14.4. The van der Waals surface area contributed by atoms with Gasteiger partial charge in [0.2, 0.25) is 0 Å². The predicted molar refractivity (Wildman–Crippen MR) is 136 cm³/mol. The summed E-state index contributed by atoms with van der Waals surface area (Å²) < 4.78 is 21.3. The molecule has 210 valence electrons. The fraction of sp³-hybridized carbons (Fsp3) is 0.857. The van der Waals surface area contributed by atoms with Gasteiger partial charge in [-0.2, -0.15) is 0 Å². The van der Waals surface area contributed by atoms with Gasteiger partial charge in [-0.25, -0.2) is 4.79 Å². The zero-order valence-corrected chi connectivity index (χ0v) is 22.2. The summed E-state index contributed by atoms with van der Waals surface area (Å²) in [7, 11) is 0. The van der Waals surface area contributed by atoms with Crippen LogP contribution in [0, 0.1) is 11.8 Å². The van der Waals surface area contributed by atoms with E-state index in [9.17, 15) is 19.2 Å². The normalized spacial score (nSPS) is 23.0. The van der Waals surface area contributed by atoms with Crippen LogP contribution >= 0.6 is 0 Å². The van der Waals surface area contributed by atoms with Crippen LogP contribution in [0.4, 0.5) is 4.79 Å². The molecule has 37 heavy (non-hydrogen) atoms. The molecule has 2 unspecified atom stereocenters. The van der Waals surface area contributed by atoms with Crippen LogP contribution in [-0.4, -0.2) is 56.0 Å². The van der Waals surface area contributed by atoms with E-state index < -0.39 is 6.09 Å². The topological polar surface area (TPSA) is 117 Å². The number of carbonyl (C=O) groups is 4. The fourth-order valence-electron chi connectivity index (χ4n) is 5.68. The maximum absolute atomic E-state index is 12.3. The number of alkyl carbamates (subject to hydrolysis) is 1. The molecule has 0 aromatic carbocycles. The molecule has 0 spiro atoms. The lowest BCUT2D eigenvalue weighted by Gasteiger charge is -2.28. The number of nitrogens with one attached hydrogen (secondary N) is 1. The summed E-state index contributed by atoms with van der Waals surface area (Å²) in [6.45, 7) is 0.538. The molecule has 0 aromatic heterocycles. The monoisotopic (exact) mass is 523 g/mol. The van der Waals surface area contributed by atoms with Crippen molar-refractivity contribution >= 4 is 24.0 Å². The van der Waals surface area contributed by atoms with Crippen LogP contribution in [0.3, 0.4) is 0 Å². The van der Waals surface area contributed by atoms with E-state index in [-0.39, 0.29) is 68.0 Å². The molecule has 0 heterocycles. The highest BCUT2D eigenvalue weighted by Crippen LogP contribution is 2.31. The lowest BCUT2D eigenvalue weighted by molar-refractivity contribution is -0.154. The van der Waals surface area contributed by atoms with Crippen LogP contribution in [0.1, 0.15) is 109 Å². The van der Waals surface area contributed by atoms with Crippen molar-refractivity contribution in [2.75, 3.05) is 19.8 Å². The molecule has 9 heteroatoms. The van der Waals surface area contributed by atoms with Gasteiger partial charge in [-0.05, 0) is 82.5 Å².